The molecule has 17 heavy (non-hydrogen) atoms. The number of aryl methyl sites for hydroxylation is 1. The van der Waals surface area contributed by atoms with E-state index in [1.807, 2.05) is 24.8 Å². The van der Waals surface area contributed by atoms with Gasteiger partial charge < -0.3 is 5.32 Å². The highest BCUT2D eigenvalue weighted by atomic mass is 32.2. The van der Waals surface area contributed by atoms with Crippen molar-refractivity contribution >= 4 is 29.0 Å². The van der Waals surface area contributed by atoms with E-state index < -0.39 is 0 Å². The molecular formula is C13H15NOS2. The quantitative estimate of drug-likeness (QED) is 0.851. The largest absolute Gasteiger partial charge is 0.348 e. The number of rotatable bonds is 3. The second-order valence-electron chi connectivity index (χ2n) is 4.14. The van der Waals surface area contributed by atoms with Gasteiger partial charge in [0.1, 0.15) is 0 Å². The van der Waals surface area contributed by atoms with Gasteiger partial charge in [0.2, 0.25) is 0 Å². The second-order valence-corrected chi connectivity index (χ2v) is 6.39. The predicted octanol–water partition coefficient (Wildman–Crippen LogP) is 2.68. The van der Waals surface area contributed by atoms with Crippen LogP contribution in [0.5, 0.6) is 0 Å². The number of amides is 1. The molecule has 2 nitrogen and oxygen atoms in total. The van der Waals surface area contributed by atoms with Crippen LogP contribution in [0.1, 0.15) is 33.5 Å². The SMILES string of the molecule is C#CCC(C)NC(=O)c1cc2c(s1)CCSC2. The van der Waals surface area contributed by atoms with E-state index >= 15 is 0 Å². The Labute approximate surface area is 110 Å². The van der Waals surface area contributed by atoms with Crippen molar-refractivity contribution in [2.45, 2.75) is 31.6 Å². The Kier molecular flexibility index (Phi) is 4.14. The number of terminal acetylenes is 1. The number of thioether (sulfide) groups is 1. The highest BCUT2D eigenvalue weighted by Gasteiger charge is 2.18. The van der Waals surface area contributed by atoms with Crippen molar-refractivity contribution in [3.05, 3.63) is 21.4 Å². The van der Waals surface area contributed by atoms with E-state index in [9.17, 15) is 4.79 Å². The maximum atomic E-state index is 12.0. The normalized spacial score (nSPS) is 15.8. The van der Waals surface area contributed by atoms with E-state index in [1.165, 1.54) is 16.2 Å². The van der Waals surface area contributed by atoms with Gasteiger partial charge in [-0.05, 0) is 30.7 Å². The van der Waals surface area contributed by atoms with Crippen LogP contribution in [0.3, 0.4) is 0 Å². The molecule has 0 saturated heterocycles. The van der Waals surface area contributed by atoms with Crippen LogP contribution in [-0.4, -0.2) is 17.7 Å². The number of hydrogen-bond acceptors (Lipinski definition) is 3. The Bertz CT molecular complexity index is 435. The van der Waals surface area contributed by atoms with Gasteiger partial charge >= 0.3 is 0 Å². The van der Waals surface area contributed by atoms with Gasteiger partial charge in [0.05, 0.1) is 4.88 Å². The van der Waals surface area contributed by atoms with Crippen LogP contribution in [0, 0.1) is 12.3 Å². The summed E-state index contributed by atoms with van der Waals surface area (Å²) in [6, 6.07) is 2.07. The molecule has 1 aliphatic rings. The molecule has 0 saturated carbocycles. The van der Waals surface area contributed by atoms with Crippen LogP contribution >= 0.6 is 23.1 Å². The summed E-state index contributed by atoms with van der Waals surface area (Å²) in [6.45, 7) is 1.93. The highest BCUT2D eigenvalue weighted by molar-refractivity contribution is 7.98. The van der Waals surface area contributed by atoms with Crippen LogP contribution in [0.2, 0.25) is 0 Å². The molecule has 4 heteroatoms. The molecule has 90 valence electrons. The topological polar surface area (TPSA) is 29.1 Å². The summed E-state index contributed by atoms with van der Waals surface area (Å²) in [7, 11) is 0. The lowest BCUT2D eigenvalue weighted by Crippen LogP contribution is -2.31. The fourth-order valence-corrected chi connectivity index (χ4v) is 4.06. The smallest absolute Gasteiger partial charge is 0.261 e. The summed E-state index contributed by atoms with van der Waals surface area (Å²) in [6.07, 6.45) is 6.89. The zero-order valence-electron chi connectivity index (χ0n) is 9.79. The molecule has 1 N–H and O–H groups in total. The van der Waals surface area contributed by atoms with E-state index in [0.29, 0.717) is 6.42 Å². The summed E-state index contributed by atoms with van der Waals surface area (Å²) in [5, 5.41) is 2.93. The molecule has 1 aliphatic heterocycles. The number of carbonyl (C=O) groups is 1. The minimum absolute atomic E-state index is 0.0112. The summed E-state index contributed by atoms with van der Waals surface area (Å²) >= 11 is 3.56. The lowest BCUT2D eigenvalue weighted by Gasteiger charge is -2.09. The third-order valence-electron chi connectivity index (χ3n) is 2.65. The molecule has 0 fully saturated rings. The van der Waals surface area contributed by atoms with Gasteiger partial charge in [-0.1, -0.05) is 0 Å². The molecule has 1 atom stereocenters. The fraction of sp³-hybridized carbons (Fsp3) is 0.462. The number of carbonyl (C=O) groups excluding carboxylic acids is 1. The first-order valence-corrected chi connectivity index (χ1v) is 7.61. The van der Waals surface area contributed by atoms with E-state index in [1.54, 1.807) is 11.3 Å². The Hall–Kier alpha value is -0.920. The summed E-state index contributed by atoms with van der Waals surface area (Å²) in [5.74, 6) is 4.78. The molecule has 1 unspecified atom stereocenters. The van der Waals surface area contributed by atoms with Gasteiger partial charge in [0.25, 0.3) is 5.91 Å². The molecule has 1 aromatic heterocycles. The molecule has 0 bridgehead atoms. The minimum Gasteiger partial charge on any atom is -0.348 e. The van der Waals surface area contributed by atoms with Crippen LogP contribution in [0.4, 0.5) is 0 Å². The van der Waals surface area contributed by atoms with Crippen molar-refractivity contribution < 1.29 is 4.79 Å². The first kappa shape index (κ1) is 12.5. The van der Waals surface area contributed by atoms with Crippen LogP contribution in [0.25, 0.3) is 0 Å². The maximum Gasteiger partial charge on any atom is 0.261 e. The predicted molar refractivity (Wildman–Crippen MR) is 74.6 cm³/mol. The number of hydrogen-bond donors (Lipinski definition) is 1. The Morgan fingerprint density at radius 1 is 1.71 bits per heavy atom. The highest BCUT2D eigenvalue weighted by Crippen LogP contribution is 2.31. The van der Waals surface area contributed by atoms with Gasteiger partial charge in [-0.25, -0.2) is 0 Å². The van der Waals surface area contributed by atoms with Gasteiger partial charge in [-0.2, -0.15) is 11.8 Å². The Morgan fingerprint density at radius 3 is 3.24 bits per heavy atom. The van der Waals surface area contributed by atoms with E-state index in [4.69, 9.17) is 6.42 Å². The van der Waals surface area contributed by atoms with Crippen molar-refractivity contribution in [1.29, 1.82) is 0 Å². The monoisotopic (exact) mass is 265 g/mol. The number of fused-ring (bicyclic) bond motifs is 1. The maximum absolute atomic E-state index is 12.0. The van der Waals surface area contributed by atoms with Crippen molar-refractivity contribution in [3.63, 3.8) is 0 Å². The number of thiophene rings is 1. The molecule has 2 rings (SSSR count). The van der Waals surface area contributed by atoms with Gasteiger partial charge in [0.15, 0.2) is 0 Å². The molecule has 0 aromatic carbocycles. The number of nitrogens with one attached hydrogen (secondary N) is 1. The molecule has 0 radical (unpaired) electrons. The van der Waals surface area contributed by atoms with E-state index in [0.717, 1.165) is 17.1 Å². The lowest BCUT2D eigenvalue weighted by molar-refractivity contribution is 0.0945. The molecule has 0 spiro atoms. The van der Waals surface area contributed by atoms with E-state index in [2.05, 4.69) is 11.2 Å². The van der Waals surface area contributed by atoms with Crippen LogP contribution < -0.4 is 5.32 Å². The summed E-state index contributed by atoms with van der Waals surface area (Å²) in [5.41, 5.74) is 1.33. The minimum atomic E-state index is 0.0112. The van der Waals surface area contributed by atoms with Crippen LogP contribution in [0.15, 0.2) is 6.07 Å². The van der Waals surface area contributed by atoms with Crippen molar-refractivity contribution in [1.82, 2.24) is 5.32 Å². The molecule has 1 amide bonds. The van der Waals surface area contributed by atoms with E-state index in [-0.39, 0.29) is 11.9 Å². The first-order valence-electron chi connectivity index (χ1n) is 5.64. The average Bonchev–Trinajstić information content (AvgIpc) is 2.72. The van der Waals surface area contributed by atoms with Gasteiger partial charge in [-0.3, -0.25) is 4.79 Å². The van der Waals surface area contributed by atoms with Gasteiger partial charge in [0, 0.05) is 23.1 Å². The first-order chi connectivity index (χ1) is 8.20. The molecule has 2 heterocycles. The third-order valence-corrected chi connectivity index (χ3v) is 4.90. The average molecular weight is 265 g/mol. The summed E-state index contributed by atoms with van der Waals surface area (Å²) < 4.78 is 0. The zero-order chi connectivity index (χ0) is 12.3. The molecule has 1 aromatic rings. The summed E-state index contributed by atoms with van der Waals surface area (Å²) in [4.78, 5) is 14.2. The van der Waals surface area contributed by atoms with Crippen molar-refractivity contribution in [2.24, 2.45) is 0 Å². The third kappa shape index (κ3) is 3.05. The van der Waals surface area contributed by atoms with Gasteiger partial charge in [-0.15, -0.1) is 23.7 Å². The molecular weight excluding hydrogens is 250 g/mol. The molecule has 0 aliphatic carbocycles. The Morgan fingerprint density at radius 2 is 2.53 bits per heavy atom. The van der Waals surface area contributed by atoms with Crippen molar-refractivity contribution in [2.75, 3.05) is 5.75 Å². The zero-order valence-corrected chi connectivity index (χ0v) is 11.4. The second kappa shape index (κ2) is 5.61. The fourth-order valence-electron chi connectivity index (χ4n) is 1.78. The lowest BCUT2D eigenvalue weighted by atomic mass is 10.2. The standard InChI is InChI=1S/C13H15NOS2/c1-3-4-9(2)14-13(15)12-7-10-8-16-6-5-11(10)17-12/h1,7,9H,4-6,8H2,2H3,(H,14,15). The van der Waals surface area contributed by atoms with Crippen molar-refractivity contribution in [3.8, 4) is 12.3 Å². The Balaban J connectivity index is 2.04. The van der Waals surface area contributed by atoms with Crippen LogP contribution in [-0.2, 0) is 12.2 Å².